The van der Waals surface area contributed by atoms with E-state index in [1.165, 1.54) is 64.5 Å². The molecule has 5 nitrogen and oxygen atoms in total. The first-order chi connectivity index (χ1) is 13.3. The largest absolute Gasteiger partial charge is 0.477 e. The second-order valence-corrected chi connectivity index (χ2v) is 9.50. The highest BCUT2D eigenvalue weighted by molar-refractivity contribution is 5.85. The van der Waals surface area contributed by atoms with Crippen LogP contribution in [0.3, 0.4) is 0 Å². The molecule has 0 aliphatic carbocycles. The van der Waals surface area contributed by atoms with Crippen LogP contribution < -0.4 is 5.32 Å². The van der Waals surface area contributed by atoms with Gasteiger partial charge in [0, 0.05) is 13.1 Å². The number of nitrogens with one attached hydrogen (secondary N) is 1. The van der Waals surface area contributed by atoms with Crippen molar-refractivity contribution in [2.75, 3.05) is 39.3 Å². The molecule has 0 bridgehead atoms. The van der Waals surface area contributed by atoms with Gasteiger partial charge in [-0.3, -0.25) is 0 Å². The van der Waals surface area contributed by atoms with Crippen LogP contribution in [0.5, 0.6) is 0 Å². The number of aliphatic carboxylic acids is 1. The van der Waals surface area contributed by atoms with Crippen molar-refractivity contribution >= 4 is 18.4 Å². The van der Waals surface area contributed by atoms with Crippen LogP contribution in [0.25, 0.3) is 0 Å². The summed E-state index contributed by atoms with van der Waals surface area (Å²) in [6, 6.07) is 0. The van der Waals surface area contributed by atoms with E-state index < -0.39 is 5.97 Å². The number of ether oxygens (including phenoxy) is 1. The van der Waals surface area contributed by atoms with Gasteiger partial charge < -0.3 is 19.6 Å². The van der Waals surface area contributed by atoms with Gasteiger partial charge in [0.05, 0.1) is 6.54 Å². The van der Waals surface area contributed by atoms with Gasteiger partial charge in [-0.25, -0.2) is 4.79 Å². The van der Waals surface area contributed by atoms with E-state index in [0.29, 0.717) is 4.48 Å². The number of carboxylic acid groups (broad SMARTS) is 1. The van der Waals surface area contributed by atoms with E-state index >= 15 is 0 Å². The number of hydrogen-bond donors (Lipinski definition) is 2. The summed E-state index contributed by atoms with van der Waals surface area (Å²) in [6.45, 7) is 14.2. The Bertz CT molecular complexity index is 406. The lowest BCUT2D eigenvalue weighted by atomic mass is 10.0. The third-order valence-corrected chi connectivity index (χ3v) is 5.64. The number of morpholine rings is 1. The molecule has 0 amide bonds. The Morgan fingerprint density at radius 3 is 1.83 bits per heavy atom. The fourth-order valence-corrected chi connectivity index (χ4v) is 4.39. The van der Waals surface area contributed by atoms with Gasteiger partial charge in [-0.15, -0.1) is 12.4 Å². The summed E-state index contributed by atoms with van der Waals surface area (Å²) >= 11 is 0. The average molecular weight is 436 g/mol. The van der Waals surface area contributed by atoms with Crippen molar-refractivity contribution in [1.29, 1.82) is 0 Å². The van der Waals surface area contributed by atoms with Crippen molar-refractivity contribution in [3.8, 4) is 0 Å². The molecular weight excluding hydrogens is 388 g/mol. The molecule has 2 aliphatic heterocycles. The van der Waals surface area contributed by atoms with E-state index in [9.17, 15) is 9.90 Å². The number of quaternary nitrogens is 1. The first kappa shape index (κ1) is 28.6. The summed E-state index contributed by atoms with van der Waals surface area (Å²) in [7, 11) is 0. The SMILES string of the molecule is C1CN1.CC(C)CCCCCCCCCC[N+]1(CC(=O)O)CC(C)OC(C)C1.Cl. The smallest absolute Gasteiger partial charge is 0.359 e. The lowest BCUT2D eigenvalue weighted by Gasteiger charge is -2.45. The number of halogens is 1. The molecule has 2 fully saturated rings. The third-order valence-electron chi connectivity index (χ3n) is 5.64. The van der Waals surface area contributed by atoms with Crippen LogP contribution in [-0.4, -0.2) is 67.0 Å². The Hall–Kier alpha value is -0.360. The molecule has 0 aromatic heterocycles. The van der Waals surface area contributed by atoms with Gasteiger partial charge in [-0.05, 0) is 32.6 Å². The highest BCUT2D eigenvalue weighted by Gasteiger charge is 2.38. The van der Waals surface area contributed by atoms with Gasteiger partial charge >= 0.3 is 5.97 Å². The molecule has 174 valence electrons. The maximum atomic E-state index is 11.3. The van der Waals surface area contributed by atoms with Crippen LogP contribution in [0.15, 0.2) is 0 Å². The Morgan fingerprint density at radius 1 is 0.966 bits per heavy atom. The highest BCUT2D eigenvalue weighted by atomic mass is 35.5. The fourth-order valence-electron chi connectivity index (χ4n) is 4.39. The molecule has 0 aromatic carbocycles. The summed E-state index contributed by atoms with van der Waals surface area (Å²) in [6.07, 6.45) is 12.2. The standard InChI is InChI=1S/C21H41NO3.C2H5N.ClH/c1-18(2)13-11-9-7-5-6-8-10-12-14-22(17-21(23)24)15-19(3)25-20(4)16-22;1-2-3-1;/h18-20H,5-17H2,1-4H3;3H,1-2H2;1H/p+1. The summed E-state index contributed by atoms with van der Waals surface area (Å²) in [5.41, 5.74) is 0. The van der Waals surface area contributed by atoms with Crippen molar-refractivity contribution in [3.05, 3.63) is 0 Å². The second-order valence-electron chi connectivity index (χ2n) is 9.50. The van der Waals surface area contributed by atoms with E-state index in [1.54, 1.807) is 0 Å². The van der Waals surface area contributed by atoms with Crippen LogP contribution in [0.4, 0.5) is 0 Å². The zero-order valence-electron chi connectivity index (χ0n) is 19.5. The fraction of sp³-hybridized carbons (Fsp3) is 0.957. The molecule has 2 aliphatic rings. The molecule has 0 saturated carbocycles. The lowest BCUT2D eigenvalue weighted by Crippen LogP contribution is -2.62. The molecule has 6 heteroatoms. The van der Waals surface area contributed by atoms with Crippen LogP contribution in [0.2, 0.25) is 0 Å². The number of carboxylic acids is 1. The van der Waals surface area contributed by atoms with Gasteiger partial charge in [-0.2, -0.15) is 0 Å². The topological polar surface area (TPSA) is 68.5 Å². The first-order valence-electron chi connectivity index (χ1n) is 11.8. The van der Waals surface area contributed by atoms with Crippen molar-refractivity contribution < 1.29 is 19.1 Å². The molecule has 2 rings (SSSR count). The van der Waals surface area contributed by atoms with Gasteiger partial charge in [0.1, 0.15) is 25.3 Å². The number of rotatable bonds is 13. The van der Waals surface area contributed by atoms with E-state index in [1.807, 2.05) is 0 Å². The van der Waals surface area contributed by atoms with Crippen LogP contribution in [-0.2, 0) is 9.53 Å². The summed E-state index contributed by atoms with van der Waals surface area (Å²) < 4.78 is 6.52. The molecule has 2 heterocycles. The predicted molar refractivity (Wildman–Crippen MR) is 124 cm³/mol. The normalized spacial score (nSPS) is 25.7. The van der Waals surface area contributed by atoms with Crippen LogP contribution in [0, 0.1) is 5.92 Å². The summed E-state index contributed by atoms with van der Waals surface area (Å²) in [4.78, 5) is 11.3. The summed E-state index contributed by atoms with van der Waals surface area (Å²) in [5, 5.41) is 12.3. The van der Waals surface area contributed by atoms with Gasteiger partial charge in [-0.1, -0.05) is 58.8 Å². The lowest BCUT2D eigenvalue weighted by molar-refractivity contribution is -0.935. The monoisotopic (exact) mass is 435 g/mol. The molecule has 0 radical (unpaired) electrons. The second kappa shape index (κ2) is 16.3. The van der Waals surface area contributed by atoms with Crippen LogP contribution in [0.1, 0.15) is 85.5 Å². The highest BCUT2D eigenvalue weighted by Crippen LogP contribution is 2.21. The number of hydrogen-bond acceptors (Lipinski definition) is 3. The minimum atomic E-state index is -0.678. The molecule has 0 spiro atoms. The first-order valence-corrected chi connectivity index (χ1v) is 11.8. The molecule has 2 saturated heterocycles. The average Bonchev–Trinajstić information content (AvgIpc) is 3.43. The minimum Gasteiger partial charge on any atom is -0.477 e. The molecule has 29 heavy (non-hydrogen) atoms. The molecule has 0 aromatic rings. The van der Waals surface area contributed by atoms with Crippen molar-refractivity contribution in [2.45, 2.75) is 97.7 Å². The van der Waals surface area contributed by atoms with Crippen molar-refractivity contribution in [2.24, 2.45) is 5.92 Å². The van der Waals surface area contributed by atoms with Crippen molar-refractivity contribution in [1.82, 2.24) is 5.32 Å². The third kappa shape index (κ3) is 16.1. The molecular formula is C23H48ClN2O3+. The Balaban J connectivity index is 0.00000178. The Morgan fingerprint density at radius 2 is 1.41 bits per heavy atom. The van der Waals surface area contributed by atoms with Crippen molar-refractivity contribution in [3.63, 3.8) is 0 Å². The number of nitrogens with zero attached hydrogens (tertiary/aromatic N) is 1. The number of carbonyl (C=O) groups is 1. The predicted octanol–water partition coefficient (Wildman–Crippen LogP) is 4.87. The molecule has 2 unspecified atom stereocenters. The van der Waals surface area contributed by atoms with Crippen LogP contribution >= 0.6 is 12.4 Å². The maximum Gasteiger partial charge on any atom is 0.359 e. The van der Waals surface area contributed by atoms with Gasteiger partial charge in [0.2, 0.25) is 0 Å². The quantitative estimate of drug-likeness (QED) is 0.246. The number of unbranched alkanes of at least 4 members (excludes halogenated alkanes) is 7. The van der Waals surface area contributed by atoms with E-state index in [0.717, 1.165) is 32.0 Å². The minimum absolute atomic E-state index is 0. The Labute approximate surface area is 186 Å². The maximum absolute atomic E-state index is 11.3. The zero-order valence-corrected chi connectivity index (χ0v) is 20.3. The van der Waals surface area contributed by atoms with E-state index in [4.69, 9.17) is 4.74 Å². The zero-order chi connectivity index (χ0) is 20.8. The van der Waals surface area contributed by atoms with E-state index in [-0.39, 0.29) is 31.2 Å². The van der Waals surface area contributed by atoms with Gasteiger partial charge in [0.15, 0.2) is 6.54 Å². The Kier molecular flexibility index (Phi) is 16.1. The van der Waals surface area contributed by atoms with Gasteiger partial charge in [0.25, 0.3) is 0 Å². The molecule has 2 N–H and O–H groups in total. The summed E-state index contributed by atoms with van der Waals surface area (Å²) in [5.74, 6) is 0.162. The van der Waals surface area contributed by atoms with E-state index in [2.05, 4.69) is 33.0 Å². The molecule has 2 atom stereocenters.